The summed E-state index contributed by atoms with van der Waals surface area (Å²) in [6, 6.07) is 0. The summed E-state index contributed by atoms with van der Waals surface area (Å²) in [5.74, 6) is -1.67. The third-order valence-electron chi connectivity index (χ3n) is 3.25. The van der Waals surface area contributed by atoms with Gasteiger partial charge in [-0.15, -0.1) is 0 Å². The lowest BCUT2D eigenvalue weighted by Crippen LogP contribution is -2.29. The van der Waals surface area contributed by atoms with Crippen LogP contribution in [0.3, 0.4) is 0 Å². The first-order chi connectivity index (χ1) is 8.59. The molecule has 6 heteroatoms. The molecular weight excluding hydrogens is 252 g/mol. The van der Waals surface area contributed by atoms with Crippen molar-refractivity contribution in [3.63, 3.8) is 0 Å². The van der Waals surface area contributed by atoms with E-state index in [1.807, 2.05) is 0 Å². The zero-order chi connectivity index (χ0) is 15.1. The van der Waals surface area contributed by atoms with Gasteiger partial charge in [-0.25, -0.2) is 0 Å². The van der Waals surface area contributed by atoms with E-state index in [0.717, 1.165) is 52.4 Å². The number of hydrogen-bond donors (Lipinski definition) is 4. The molecule has 0 heterocycles. The summed E-state index contributed by atoms with van der Waals surface area (Å²) in [7, 11) is 0. The molecule has 0 amide bonds. The number of carboxylic acid groups (broad SMARTS) is 2. The molecule has 0 aromatic rings. The van der Waals surface area contributed by atoms with Crippen molar-refractivity contribution in [1.29, 1.82) is 0 Å². The standard InChI is InChI=1S/C9H16O2.2C2H4O2/c10-8-3-1-2-4-9(11,7-8)6-5-8;2*1-2(3)4/h10-11H,1-7H2;2*1H3,(H,3,4). The van der Waals surface area contributed by atoms with E-state index in [-0.39, 0.29) is 0 Å². The maximum absolute atomic E-state index is 9.91. The van der Waals surface area contributed by atoms with E-state index in [9.17, 15) is 10.2 Å². The monoisotopic (exact) mass is 276 g/mol. The van der Waals surface area contributed by atoms with Gasteiger partial charge in [0.05, 0.1) is 11.2 Å². The Morgan fingerprint density at radius 1 is 0.789 bits per heavy atom. The highest BCUT2D eigenvalue weighted by Gasteiger charge is 2.46. The number of fused-ring (bicyclic) bond motifs is 2. The van der Waals surface area contributed by atoms with E-state index in [1.165, 1.54) is 0 Å². The summed E-state index contributed by atoms with van der Waals surface area (Å²) in [5.41, 5.74) is -1.02. The van der Waals surface area contributed by atoms with Crippen molar-refractivity contribution in [3.05, 3.63) is 0 Å². The summed E-state index contributed by atoms with van der Waals surface area (Å²) in [6.07, 6.45) is 6.20. The first-order valence-electron chi connectivity index (χ1n) is 6.42. The SMILES string of the molecule is CC(=O)O.CC(=O)O.OC12CCCCC(O)(CC1)C2. The Morgan fingerprint density at radius 3 is 1.32 bits per heavy atom. The lowest BCUT2D eigenvalue weighted by molar-refractivity contribution is -0.135. The zero-order valence-corrected chi connectivity index (χ0v) is 11.6. The Labute approximate surface area is 113 Å². The molecule has 19 heavy (non-hydrogen) atoms. The van der Waals surface area contributed by atoms with Crippen LogP contribution in [-0.2, 0) is 9.59 Å². The van der Waals surface area contributed by atoms with Gasteiger partial charge in [-0.05, 0) is 25.7 Å². The largest absolute Gasteiger partial charge is 0.481 e. The van der Waals surface area contributed by atoms with E-state index in [1.54, 1.807) is 0 Å². The second kappa shape index (κ2) is 7.45. The minimum absolute atomic E-state index is 0.509. The van der Waals surface area contributed by atoms with Crippen LogP contribution < -0.4 is 0 Å². The van der Waals surface area contributed by atoms with Crippen molar-refractivity contribution in [2.24, 2.45) is 0 Å². The fourth-order valence-corrected chi connectivity index (χ4v) is 2.59. The number of aliphatic carboxylic acids is 2. The van der Waals surface area contributed by atoms with Crippen LogP contribution in [0.25, 0.3) is 0 Å². The summed E-state index contributed by atoms with van der Waals surface area (Å²) in [5, 5.41) is 34.6. The second-order valence-electron chi connectivity index (χ2n) is 5.37. The van der Waals surface area contributed by atoms with E-state index >= 15 is 0 Å². The predicted molar refractivity (Wildman–Crippen MR) is 68.8 cm³/mol. The molecule has 2 rings (SSSR count). The molecule has 0 saturated heterocycles. The van der Waals surface area contributed by atoms with Gasteiger partial charge in [-0.1, -0.05) is 12.8 Å². The molecule has 2 atom stereocenters. The highest BCUT2D eigenvalue weighted by molar-refractivity contribution is 5.63. The van der Waals surface area contributed by atoms with Crippen molar-refractivity contribution in [3.8, 4) is 0 Å². The fourth-order valence-electron chi connectivity index (χ4n) is 2.59. The van der Waals surface area contributed by atoms with Crippen LogP contribution in [0.1, 0.15) is 58.8 Å². The van der Waals surface area contributed by atoms with Crippen molar-refractivity contribution in [2.45, 2.75) is 70.0 Å². The normalized spacial score (nSPS) is 32.0. The van der Waals surface area contributed by atoms with Crippen LogP contribution in [0.15, 0.2) is 0 Å². The average Bonchev–Trinajstić information content (AvgIpc) is 2.39. The van der Waals surface area contributed by atoms with Gasteiger partial charge in [0, 0.05) is 20.3 Å². The Morgan fingerprint density at radius 2 is 1.05 bits per heavy atom. The van der Waals surface area contributed by atoms with Gasteiger partial charge >= 0.3 is 0 Å². The van der Waals surface area contributed by atoms with E-state index in [0.29, 0.717) is 6.42 Å². The summed E-state index contributed by atoms with van der Waals surface area (Å²) in [4.78, 5) is 18.0. The second-order valence-corrected chi connectivity index (χ2v) is 5.37. The van der Waals surface area contributed by atoms with Gasteiger partial charge in [0.1, 0.15) is 0 Å². The molecule has 2 unspecified atom stereocenters. The number of hydrogen-bond acceptors (Lipinski definition) is 4. The third-order valence-corrected chi connectivity index (χ3v) is 3.25. The number of rotatable bonds is 0. The molecule has 2 saturated carbocycles. The van der Waals surface area contributed by atoms with Crippen LogP contribution in [0.2, 0.25) is 0 Å². The van der Waals surface area contributed by atoms with Gasteiger partial charge in [0.2, 0.25) is 0 Å². The third kappa shape index (κ3) is 8.56. The molecule has 2 fully saturated rings. The van der Waals surface area contributed by atoms with Crippen LogP contribution in [-0.4, -0.2) is 43.6 Å². The first-order valence-corrected chi connectivity index (χ1v) is 6.42. The Balaban J connectivity index is 0.000000342. The Kier molecular flexibility index (Phi) is 7.00. The Hall–Kier alpha value is -1.14. The van der Waals surface area contributed by atoms with Crippen molar-refractivity contribution in [1.82, 2.24) is 0 Å². The van der Waals surface area contributed by atoms with Crippen LogP contribution >= 0.6 is 0 Å². The molecule has 4 N–H and O–H groups in total. The molecule has 0 aromatic heterocycles. The van der Waals surface area contributed by atoms with Crippen molar-refractivity contribution in [2.75, 3.05) is 0 Å². The highest BCUT2D eigenvalue weighted by atomic mass is 16.4. The predicted octanol–water partition coefficient (Wildman–Crippen LogP) is 1.39. The summed E-state index contributed by atoms with van der Waals surface area (Å²) >= 11 is 0. The Bertz CT molecular complexity index is 270. The average molecular weight is 276 g/mol. The molecule has 112 valence electrons. The van der Waals surface area contributed by atoms with Gasteiger partial charge in [0.15, 0.2) is 0 Å². The number of aliphatic hydroxyl groups is 2. The molecule has 2 aliphatic rings. The molecule has 0 aliphatic heterocycles. The lowest BCUT2D eigenvalue weighted by Gasteiger charge is -2.22. The van der Waals surface area contributed by atoms with Crippen LogP contribution in [0.4, 0.5) is 0 Å². The molecule has 6 nitrogen and oxygen atoms in total. The van der Waals surface area contributed by atoms with E-state index in [2.05, 4.69) is 0 Å². The lowest BCUT2D eigenvalue weighted by atomic mass is 9.96. The van der Waals surface area contributed by atoms with Crippen molar-refractivity contribution >= 4 is 11.9 Å². The van der Waals surface area contributed by atoms with E-state index < -0.39 is 23.1 Å². The quantitative estimate of drug-likeness (QED) is 0.531. The van der Waals surface area contributed by atoms with Crippen LogP contribution in [0, 0.1) is 0 Å². The summed E-state index contributed by atoms with van der Waals surface area (Å²) < 4.78 is 0. The topological polar surface area (TPSA) is 115 Å². The highest BCUT2D eigenvalue weighted by Crippen LogP contribution is 2.45. The molecule has 0 radical (unpaired) electrons. The summed E-state index contributed by atoms with van der Waals surface area (Å²) in [6.45, 7) is 2.17. The van der Waals surface area contributed by atoms with Gasteiger partial charge in [0.25, 0.3) is 11.9 Å². The smallest absolute Gasteiger partial charge is 0.300 e. The molecule has 0 spiro atoms. The molecule has 0 aromatic carbocycles. The first kappa shape index (κ1) is 17.9. The molecule has 2 aliphatic carbocycles. The zero-order valence-electron chi connectivity index (χ0n) is 11.6. The maximum atomic E-state index is 9.91. The molecule has 2 bridgehead atoms. The van der Waals surface area contributed by atoms with E-state index in [4.69, 9.17) is 19.8 Å². The number of carbonyl (C=O) groups is 2. The van der Waals surface area contributed by atoms with Gasteiger partial charge in [-0.3, -0.25) is 9.59 Å². The minimum Gasteiger partial charge on any atom is -0.481 e. The van der Waals surface area contributed by atoms with Crippen LogP contribution in [0.5, 0.6) is 0 Å². The number of carboxylic acids is 2. The molecular formula is C13H24O6. The van der Waals surface area contributed by atoms with Gasteiger partial charge in [-0.2, -0.15) is 0 Å². The maximum Gasteiger partial charge on any atom is 0.300 e. The van der Waals surface area contributed by atoms with Crippen molar-refractivity contribution < 1.29 is 30.0 Å². The van der Waals surface area contributed by atoms with Gasteiger partial charge < -0.3 is 20.4 Å². The fraction of sp³-hybridized carbons (Fsp3) is 0.846. The minimum atomic E-state index is -0.833.